The quantitative estimate of drug-likeness (QED) is 0.820. The Labute approximate surface area is 125 Å². The normalized spacial score (nSPS) is 17.5. The van der Waals surface area contributed by atoms with Crippen LogP contribution < -0.4 is 5.73 Å². The third-order valence-electron chi connectivity index (χ3n) is 3.72. The first kappa shape index (κ1) is 15.8. The molecule has 6 nitrogen and oxygen atoms in total. The fraction of sp³-hybridized carbons (Fsp3) is 0.500. The lowest BCUT2D eigenvalue weighted by Crippen LogP contribution is -2.36. The van der Waals surface area contributed by atoms with Crippen molar-refractivity contribution in [3.05, 3.63) is 23.8 Å². The van der Waals surface area contributed by atoms with Crippen LogP contribution in [0, 0.1) is 6.92 Å². The van der Waals surface area contributed by atoms with Crippen LogP contribution in [0.25, 0.3) is 0 Å². The van der Waals surface area contributed by atoms with Crippen molar-refractivity contribution < 1.29 is 13.2 Å². The molecular formula is C14H21N3O3S. The minimum atomic E-state index is -3.54. The minimum absolute atomic E-state index is 0.0158. The summed E-state index contributed by atoms with van der Waals surface area (Å²) >= 11 is 0. The Morgan fingerprint density at radius 3 is 2.52 bits per heavy atom. The summed E-state index contributed by atoms with van der Waals surface area (Å²) in [6.45, 7) is 5.03. The summed E-state index contributed by atoms with van der Waals surface area (Å²) in [5, 5.41) is 0. The molecule has 0 unspecified atom stereocenters. The van der Waals surface area contributed by atoms with Crippen LogP contribution in [0.4, 0.5) is 5.69 Å². The van der Waals surface area contributed by atoms with Crippen LogP contribution in [0.1, 0.15) is 18.9 Å². The summed E-state index contributed by atoms with van der Waals surface area (Å²) in [4.78, 5) is 13.4. The highest BCUT2D eigenvalue weighted by Gasteiger charge is 2.28. The molecule has 1 amide bonds. The molecule has 0 bridgehead atoms. The van der Waals surface area contributed by atoms with E-state index >= 15 is 0 Å². The first-order valence-corrected chi connectivity index (χ1v) is 8.38. The average Bonchev–Trinajstić information content (AvgIpc) is 2.64. The Balaban J connectivity index is 2.25. The second kappa shape index (κ2) is 6.03. The summed E-state index contributed by atoms with van der Waals surface area (Å²) in [6, 6.07) is 4.81. The van der Waals surface area contributed by atoms with Gasteiger partial charge in [-0.1, -0.05) is 0 Å². The molecule has 21 heavy (non-hydrogen) atoms. The van der Waals surface area contributed by atoms with Crippen LogP contribution in [0.3, 0.4) is 0 Å². The molecule has 116 valence electrons. The highest BCUT2D eigenvalue weighted by molar-refractivity contribution is 7.89. The second-order valence-electron chi connectivity index (χ2n) is 5.29. The molecule has 7 heteroatoms. The highest BCUT2D eigenvalue weighted by Crippen LogP contribution is 2.23. The lowest BCUT2D eigenvalue weighted by molar-refractivity contribution is -0.128. The first-order chi connectivity index (χ1) is 9.82. The average molecular weight is 311 g/mol. The Kier molecular flexibility index (Phi) is 4.53. The zero-order valence-electron chi connectivity index (χ0n) is 12.4. The second-order valence-corrected chi connectivity index (χ2v) is 7.19. The molecule has 1 aliphatic rings. The number of nitrogens with two attached hydrogens (primary N) is 1. The summed E-state index contributed by atoms with van der Waals surface area (Å²) in [5.74, 6) is -0.0158. The summed E-state index contributed by atoms with van der Waals surface area (Å²) in [7, 11) is -3.54. The van der Waals surface area contributed by atoms with Gasteiger partial charge in [-0.25, -0.2) is 8.42 Å². The number of aryl methyl sites for hydroxylation is 1. The maximum atomic E-state index is 12.7. The number of hydrogen-bond donors (Lipinski definition) is 1. The fourth-order valence-corrected chi connectivity index (χ4v) is 4.23. The molecule has 1 fully saturated rings. The molecule has 1 aliphatic heterocycles. The zero-order chi connectivity index (χ0) is 15.6. The molecule has 1 aromatic carbocycles. The number of benzene rings is 1. The van der Waals surface area contributed by atoms with E-state index in [2.05, 4.69) is 0 Å². The highest BCUT2D eigenvalue weighted by atomic mass is 32.2. The Hall–Kier alpha value is -1.60. The zero-order valence-corrected chi connectivity index (χ0v) is 13.2. The van der Waals surface area contributed by atoms with Crippen LogP contribution in [0.5, 0.6) is 0 Å². The number of nitrogens with zero attached hydrogens (tertiary/aromatic N) is 2. The molecule has 0 aliphatic carbocycles. The molecule has 1 heterocycles. The number of hydrogen-bond acceptors (Lipinski definition) is 4. The van der Waals surface area contributed by atoms with Gasteiger partial charge in [0.05, 0.1) is 4.90 Å². The van der Waals surface area contributed by atoms with Crippen molar-refractivity contribution in [3.8, 4) is 0 Å². The smallest absolute Gasteiger partial charge is 0.243 e. The molecule has 0 aromatic heterocycles. The lowest BCUT2D eigenvalue weighted by Gasteiger charge is -2.22. The van der Waals surface area contributed by atoms with Crippen molar-refractivity contribution >= 4 is 21.6 Å². The summed E-state index contributed by atoms with van der Waals surface area (Å²) in [6.07, 6.45) is 0.646. The predicted octanol–water partition coefficient (Wildman–Crippen LogP) is 0.820. The van der Waals surface area contributed by atoms with Crippen molar-refractivity contribution in [1.29, 1.82) is 0 Å². The topological polar surface area (TPSA) is 83.7 Å². The van der Waals surface area contributed by atoms with Crippen molar-refractivity contribution in [1.82, 2.24) is 9.21 Å². The number of nitrogen functional groups attached to an aromatic ring is 1. The number of amides is 1. The molecule has 2 rings (SSSR count). The number of carbonyl (C=O) groups is 1. The van der Waals surface area contributed by atoms with Crippen molar-refractivity contribution in [2.24, 2.45) is 0 Å². The Morgan fingerprint density at radius 2 is 1.90 bits per heavy atom. The molecule has 0 atom stereocenters. The van der Waals surface area contributed by atoms with Gasteiger partial charge in [-0.05, 0) is 37.1 Å². The summed E-state index contributed by atoms with van der Waals surface area (Å²) in [5.41, 5.74) is 6.86. The van der Waals surface area contributed by atoms with E-state index < -0.39 is 10.0 Å². The van der Waals surface area contributed by atoms with Crippen LogP contribution >= 0.6 is 0 Å². The maximum Gasteiger partial charge on any atom is 0.243 e. The molecule has 0 saturated carbocycles. The van der Waals surface area contributed by atoms with E-state index in [9.17, 15) is 13.2 Å². The standard InChI is InChI=1S/C14H21N3O3S/c1-11-10-13(15)4-5-14(11)21(19,20)17-7-3-6-16(8-9-17)12(2)18/h4-5,10H,3,6-9,15H2,1-2H3. The largest absolute Gasteiger partial charge is 0.399 e. The maximum absolute atomic E-state index is 12.7. The van der Waals surface area contributed by atoms with Gasteiger partial charge in [0.2, 0.25) is 15.9 Å². The van der Waals surface area contributed by atoms with E-state index in [4.69, 9.17) is 5.73 Å². The summed E-state index contributed by atoms with van der Waals surface area (Å²) < 4.78 is 26.9. The lowest BCUT2D eigenvalue weighted by atomic mass is 10.2. The Morgan fingerprint density at radius 1 is 1.19 bits per heavy atom. The van der Waals surface area contributed by atoms with Crippen molar-refractivity contribution in [3.63, 3.8) is 0 Å². The third-order valence-corrected chi connectivity index (χ3v) is 5.78. The van der Waals surface area contributed by atoms with Gasteiger partial charge in [-0.15, -0.1) is 0 Å². The van der Waals surface area contributed by atoms with Crippen molar-refractivity contribution in [2.75, 3.05) is 31.9 Å². The van der Waals surface area contributed by atoms with E-state index in [1.54, 1.807) is 30.0 Å². The molecule has 1 aromatic rings. The third kappa shape index (κ3) is 3.36. The van der Waals surface area contributed by atoms with Crippen molar-refractivity contribution in [2.45, 2.75) is 25.2 Å². The molecule has 0 radical (unpaired) electrons. The SMILES string of the molecule is CC(=O)N1CCCN(S(=O)(=O)c2ccc(N)cc2C)CC1. The van der Waals surface area contributed by atoms with Crippen LogP contribution in [0.15, 0.2) is 23.1 Å². The van der Waals surface area contributed by atoms with E-state index in [1.165, 1.54) is 11.2 Å². The Bertz CT molecular complexity index is 643. The van der Waals surface area contributed by atoms with Gasteiger partial charge in [0.25, 0.3) is 0 Å². The molecule has 0 spiro atoms. The molecule has 2 N–H and O–H groups in total. The van der Waals surface area contributed by atoms with Gasteiger partial charge in [-0.3, -0.25) is 4.79 Å². The van der Waals surface area contributed by atoms with Crippen LogP contribution in [-0.4, -0.2) is 49.7 Å². The van der Waals surface area contributed by atoms with Gasteiger partial charge in [0.1, 0.15) is 0 Å². The predicted molar refractivity (Wildman–Crippen MR) is 81.2 cm³/mol. The van der Waals surface area contributed by atoms with E-state index in [0.29, 0.717) is 43.9 Å². The fourth-order valence-electron chi connectivity index (χ4n) is 2.55. The first-order valence-electron chi connectivity index (χ1n) is 6.94. The monoisotopic (exact) mass is 311 g/mol. The van der Waals surface area contributed by atoms with Gasteiger partial charge < -0.3 is 10.6 Å². The van der Waals surface area contributed by atoms with E-state index in [0.717, 1.165) is 0 Å². The van der Waals surface area contributed by atoms with Crippen LogP contribution in [-0.2, 0) is 14.8 Å². The minimum Gasteiger partial charge on any atom is -0.399 e. The van der Waals surface area contributed by atoms with E-state index in [-0.39, 0.29) is 10.8 Å². The number of sulfonamides is 1. The van der Waals surface area contributed by atoms with Gasteiger partial charge in [0, 0.05) is 38.8 Å². The number of carbonyl (C=O) groups excluding carboxylic acids is 1. The van der Waals surface area contributed by atoms with Crippen LogP contribution in [0.2, 0.25) is 0 Å². The molecular weight excluding hydrogens is 290 g/mol. The van der Waals surface area contributed by atoms with Gasteiger partial charge >= 0.3 is 0 Å². The van der Waals surface area contributed by atoms with E-state index in [1.807, 2.05) is 0 Å². The number of anilines is 1. The molecule has 1 saturated heterocycles. The van der Waals surface area contributed by atoms with Gasteiger partial charge in [-0.2, -0.15) is 4.31 Å². The number of rotatable bonds is 2. The van der Waals surface area contributed by atoms with Gasteiger partial charge in [0.15, 0.2) is 0 Å².